The molecule has 13 atom stereocenters. The van der Waals surface area contributed by atoms with Gasteiger partial charge in [-0.05, 0) is 98.3 Å². The summed E-state index contributed by atoms with van der Waals surface area (Å²) in [6, 6.07) is -1.39. The highest BCUT2D eigenvalue weighted by molar-refractivity contribution is 7.80. The van der Waals surface area contributed by atoms with E-state index in [4.69, 9.17) is 40.1 Å². The number of nitrogens with zero attached hydrogens (tertiary/aromatic N) is 3. The first-order valence-corrected chi connectivity index (χ1v) is 35.7. The number of aliphatic imine (C=N–C) groups is 3. The number of phenolic OH excluding ortho intramolecular Hbond substituents is 1. The van der Waals surface area contributed by atoms with Gasteiger partial charge in [0.2, 0.25) is 65.0 Å². The van der Waals surface area contributed by atoms with Gasteiger partial charge in [-0.1, -0.05) is 111 Å². The third kappa shape index (κ3) is 35.3. The third-order valence-corrected chi connectivity index (χ3v) is 17.1. The number of carbonyl (C=O) groups is 12. The second-order valence-electron chi connectivity index (χ2n) is 26.5. The molecule has 0 aliphatic heterocycles. The zero-order valence-electron chi connectivity index (χ0n) is 61.2. The van der Waals surface area contributed by atoms with E-state index in [1.807, 2.05) is 34.6 Å². The van der Waals surface area contributed by atoms with Crippen molar-refractivity contribution in [3.8, 4) is 5.75 Å². The van der Waals surface area contributed by atoms with E-state index >= 15 is 0 Å². The Labute approximate surface area is 618 Å². The van der Waals surface area contributed by atoms with Crippen LogP contribution in [0.2, 0.25) is 0 Å². The molecule has 2 rings (SSSR count). The quantitative estimate of drug-likeness (QED) is 0.0129. The van der Waals surface area contributed by atoms with Gasteiger partial charge in [0, 0.05) is 38.2 Å². The summed E-state index contributed by atoms with van der Waals surface area (Å²) < 4.78 is 0. The number of rotatable bonds is 49. The number of aliphatic hydroxyl groups excluding tert-OH is 1. The fraction of sp³-hybridized carbons (Fsp3) is 0.603. The molecular formula is C68H113N21O15S. The highest BCUT2D eigenvalue weighted by atomic mass is 32.1. The number of nitrogens with one attached hydrogen (secondary N) is 11. The number of hydrogen-bond donors (Lipinski definition) is 22. The maximum absolute atomic E-state index is 14.6. The van der Waals surface area contributed by atoms with E-state index in [1.165, 1.54) is 24.3 Å². The lowest BCUT2D eigenvalue weighted by Crippen LogP contribution is -2.61. The minimum atomic E-state index is -1.83. The highest BCUT2D eigenvalue weighted by Gasteiger charge is 2.37. The average molecular weight is 1500 g/mol. The molecule has 28 N–H and O–H groups in total. The lowest BCUT2D eigenvalue weighted by molar-refractivity contribution is -0.141. The number of thiol groups is 1. The van der Waals surface area contributed by atoms with E-state index in [9.17, 15) is 72.9 Å². The Bertz CT molecular complexity index is 3250. The van der Waals surface area contributed by atoms with Crippen LogP contribution in [0.1, 0.15) is 131 Å². The Morgan fingerprint density at radius 2 is 0.810 bits per heavy atom. The molecule has 11 amide bonds. The first-order chi connectivity index (χ1) is 49.5. The van der Waals surface area contributed by atoms with Gasteiger partial charge in [-0.15, -0.1) is 0 Å². The van der Waals surface area contributed by atoms with Crippen LogP contribution < -0.4 is 98.6 Å². The number of amides is 11. The Morgan fingerprint density at radius 3 is 1.24 bits per heavy atom. The molecule has 0 aliphatic rings. The summed E-state index contributed by atoms with van der Waals surface area (Å²) in [5.41, 5.74) is 40.6. The number of nitrogens with two attached hydrogens (primary N) is 7. The molecular weight excluding hydrogens is 1380 g/mol. The van der Waals surface area contributed by atoms with Crippen molar-refractivity contribution in [2.75, 3.05) is 38.5 Å². The molecule has 0 fully saturated rings. The van der Waals surface area contributed by atoms with E-state index in [2.05, 4.69) is 86.1 Å². The number of aromatic hydroxyl groups is 1. The van der Waals surface area contributed by atoms with Crippen molar-refractivity contribution in [2.45, 2.75) is 199 Å². The highest BCUT2D eigenvalue weighted by Crippen LogP contribution is 2.17. The first kappa shape index (κ1) is 91.0. The standard InChI is InChI=1S/C68H113N21O15S/c1-9-38(7)53(63(101)79-33-52(92)80-49(65(103)104)32-41-22-24-42(91)25-23-41)89-60(98)48(31-40-17-12-11-13-18-40)84-61(99)50(34-90)86-57(95)45(20-15-27-77-67(72)73)81-56(94)44(19-14-26-76-66(70)71)83-62(100)51(35-105)87-58(96)46(21-16-28-78-68(74)75)82-59(97)47(30-37(5)6)85-64(102)54(39(8)10-2)88-55(93)43(69)29-36(3)4/h11-13,17-18,22-25,36-39,43-51,53-54,90-91,105H,9-10,14-16,19-21,26-35,69H2,1-8H3,(H,79,101)(H,80,92)(H,81,94)(H,82,97)(H,83,100)(H,84,99)(H,85,102)(H,86,95)(H,87,96)(H,88,93)(H,89,98)(H,103,104)(H4,70,71,76)(H4,72,73,77)(H4,74,75,78)/t38-,39-,43-,44-,45-,46-,47-,48-,49-,50-,51-,53-,54-/m0/s1. The smallest absolute Gasteiger partial charge is 0.326 e. The Kier molecular flexibility index (Phi) is 41.7. The minimum absolute atomic E-state index is 0.00811. The molecule has 2 aromatic rings. The van der Waals surface area contributed by atoms with E-state index in [1.54, 1.807) is 51.1 Å². The number of phenols is 1. The number of carbonyl (C=O) groups excluding carboxylic acids is 11. The van der Waals surface area contributed by atoms with Gasteiger partial charge in [-0.3, -0.25) is 67.7 Å². The molecule has 0 saturated carbocycles. The van der Waals surface area contributed by atoms with Crippen LogP contribution in [0.5, 0.6) is 5.75 Å². The summed E-state index contributed by atoms with van der Waals surface area (Å²) in [5.74, 6) is -13.4. The zero-order chi connectivity index (χ0) is 79.0. The van der Waals surface area contributed by atoms with Gasteiger partial charge in [-0.25, -0.2) is 4.79 Å². The van der Waals surface area contributed by atoms with Crippen molar-refractivity contribution in [2.24, 2.45) is 78.8 Å². The van der Waals surface area contributed by atoms with E-state index in [0.717, 1.165) is 0 Å². The van der Waals surface area contributed by atoms with Gasteiger partial charge in [0.1, 0.15) is 66.2 Å². The predicted molar refractivity (Wildman–Crippen MR) is 398 cm³/mol. The molecule has 105 heavy (non-hydrogen) atoms. The number of benzene rings is 2. The molecule has 0 unspecified atom stereocenters. The summed E-state index contributed by atoms with van der Waals surface area (Å²) in [6.07, 6.45) is 0.459. The van der Waals surface area contributed by atoms with Crippen LogP contribution in [-0.4, -0.2) is 209 Å². The second-order valence-corrected chi connectivity index (χ2v) is 26.9. The Morgan fingerprint density at radius 1 is 0.438 bits per heavy atom. The van der Waals surface area contributed by atoms with Gasteiger partial charge in [0.25, 0.3) is 0 Å². The lowest BCUT2D eigenvalue weighted by Gasteiger charge is -2.29. The van der Waals surface area contributed by atoms with E-state index < -0.39 is 168 Å². The molecule has 586 valence electrons. The van der Waals surface area contributed by atoms with Crippen molar-refractivity contribution < 1.29 is 72.9 Å². The summed E-state index contributed by atoms with van der Waals surface area (Å²) in [5, 5.41) is 58.6. The van der Waals surface area contributed by atoms with Crippen LogP contribution in [0.4, 0.5) is 0 Å². The maximum Gasteiger partial charge on any atom is 0.326 e. The monoisotopic (exact) mass is 1500 g/mol. The molecule has 0 bridgehead atoms. The SMILES string of the molecule is CC[C@H](C)[C@H](NC(=O)[C@H](Cc1ccccc1)NC(=O)[C@H](CO)NC(=O)[C@H](CCCN=C(N)N)NC(=O)[C@H](CCCN=C(N)N)NC(=O)[C@H](CS)NC(=O)[C@H](CCCN=C(N)N)NC(=O)[C@H](CC(C)C)NC(=O)[C@@H](NC(=O)[C@@H](N)CC(C)C)[C@@H](C)CC)C(=O)NCC(=O)N[C@@H](Cc1ccc(O)cc1)C(=O)O. The van der Waals surface area contributed by atoms with Crippen molar-refractivity contribution >= 4 is 101 Å². The van der Waals surface area contributed by atoms with Gasteiger partial charge >= 0.3 is 5.97 Å². The number of guanidine groups is 3. The van der Waals surface area contributed by atoms with Crippen LogP contribution in [0.3, 0.4) is 0 Å². The zero-order valence-corrected chi connectivity index (χ0v) is 62.0. The molecule has 37 heteroatoms. The first-order valence-electron chi connectivity index (χ1n) is 35.0. The topological polar surface area (TPSA) is 617 Å². The van der Waals surface area contributed by atoms with Crippen molar-refractivity contribution in [3.63, 3.8) is 0 Å². The molecule has 0 saturated heterocycles. The summed E-state index contributed by atoms with van der Waals surface area (Å²) in [4.78, 5) is 179. The normalized spacial score (nSPS) is 14.8. The molecule has 0 heterocycles. The molecule has 0 radical (unpaired) electrons. The third-order valence-electron chi connectivity index (χ3n) is 16.7. The lowest BCUT2D eigenvalue weighted by atomic mass is 9.95. The van der Waals surface area contributed by atoms with Gasteiger partial charge < -0.3 is 114 Å². The summed E-state index contributed by atoms with van der Waals surface area (Å²) in [7, 11) is 0. The molecule has 2 aromatic carbocycles. The van der Waals surface area contributed by atoms with Crippen LogP contribution in [0, 0.1) is 23.7 Å². The van der Waals surface area contributed by atoms with Crippen LogP contribution >= 0.6 is 12.6 Å². The maximum atomic E-state index is 14.6. The fourth-order valence-electron chi connectivity index (χ4n) is 10.5. The summed E-state index contributed by atoms with van der Waals surface area (Å²) in [6.45, 7) is 12.5. The molecule has 0 aliphatic carbocycles. The van der Waals surface area contributed by atoms with Gasteiger partial charge in [0.05, 0.1) is 19.2 Å². The van der Waals surface area contributed by atoms with Crippen LogP contribution in [-0.2, 0) is 70.4 Å². The van der Waals surface area contributed by atoms with Crippen LogP contribution in [0.15, 0.2) is 69.6 Å². The number of carboxylic acids is 1. The van der Waals surface area contributed by atoms with Crippen molar-refractivity contribution in [1.29, 1.82) is 0 Å². The van der Waals surface area contributed by atoms with Gasteiger partial charge in [0.15, 0.2) is 17.9 Å². The molecule has 36 nitrogen and oxygen atoms in total. The number of carboxylic acid groups (broad SMARTS) is 1. The van der Waals surface area contributed by atoms with Crippen LogP contribution in [0.25, 0.3) is 0 Å². The van der Waals surface area contributed by atoms with Crippen molar-refractivity contribution in [1.82, 2.24) is 58.5 Å². The number of hydrogen-bond acceptors (Lipinski definition) is 19. The largest absolute Gasteiger partial charge is 0.508 e. The van der Waals surface area contributed by atoms with Gasteiger partial charge in [-0.2, -0.15) is 12.6 Å². The van der Waals surface area contributed by atoms with Crippen molar-refractivity contribution in [3.05, 3.63) is 65.7 Å². The summed E-state index contributed by atoms with van der Waals surface area (Å²) >= 11 is 4.35. The Balaban J connectivity index is 2.52. The van der Waals surface area contributed by atoms with E-state index in [-0.39, 0.29) is 113 Å². The number of aliphatic carboxylic acids is 1. The Hall–Kier alpha value is -10.0. The average Bonchev–Trinajstić information content (AvgIpc) is 0.838. The predicted octanol–water partition coefficient (Wildman–Crippen LogP) is -4.18. The fourth-order valence-corrected chi connectivity index (χ4v) is 10.7. The number of aliphatic hydroxyl groups is 1. The second kappa shape index (κ2) is 48.1. The van der Waals surface area contributed by atoms with E-state index in [0.29, 0.717) is 30.4 Å². The minimum Gasteiger partial charge on any atom is -0.508 e. The molecule has 0 spiro atoms. The molecule has 0 aromatic heterocycles.